The van der Waals surface area contributed by atoms with Crippen molar-refractivity contribution in [3.8, 4) is 5.75 Å². The fourth-order valence-corrected chi connectivity index (χ4v) is 1.86. The van der Waals surface area contributed by atoms with Crippen LogP contribution in [0.15, 0.2) is 29.3 Å². The average Bonchev–Trinajstić information content (AvgIpc) is 2.80. The van der Waals surface area contributed by atoms with Gasteiger partial charge in [0.1, 0.15) is 5.75 Å². The first kappa shape index (κ1) is 14.8. The number of urea groups is 1. The molecule has 0 bridgehead atoms. The number of para-hydroxylation sites is 2. The maximum Gasteiger partial charge on any atom is 0.350 e. The molecule has 7 heteroatoms. The molecular weight excluding hydrogens is 274 g/mol. The van der Waals surface area contributed by atoms with E-state index in [9.17, 15) is 9.59 Å². The molecule has 1 atom stereocenters. The van der Waals surface area contributed by atoms with Gasteiger partial charge in [0.25, 0.3) is 5.91 Å². The summed E-state index contributed by atoms with van der Waals surface area (Å²) >= 11 is 0. The minimum atomic E-state index is -0.654. The molecule has 0 saturated carbocycles. The average molecular weight is 291 g/mol. The molecule has 1 aliphatic rings. The highest BCUT2D eigenvalue weighted by Gasteiger charge is 2.33. The number of carbonyl (C=O) groups is 2. The molecule has 0 aromatic heterocycles. The number of aliphatic imine (C=N–C) groups is 1. The molecule has 1 aromatic rings. The van der Waals surface area contributed by atoms with Crippen LogP contribution in [0.2, 0.25) is 0 Å². The largest absolute Gasteiger partial charge is 0.495 e. The number of hydrogen-bond acceptors (Lipinski definition) is 4. The Morgan fingerprint density at radius 2 is 2.14 bits per heavy atom. The monoisotopic (exact) mass is 291 g/mol. The molecule has 3 amide bonds. The van der Waals surface area contributed by atoms with Crippen molar-refractivity contribution in [2.24, 2.45) is 10.9 Å². The van der Waals surface area contributed by atoms with Crippen molar-refractivity contribution in [3.05, 3.63) is 24.3 Å². The normalized spacial score (nSPS) is 19.3. The maximum absolute atomic E-state index is 11.8. The maximum atomic E-state index is 11.8. The van der Waals surface area contributed by atoms with Crippen molar-refractivity contribution in [1.29, 1.82) is 0 Å². The first-order valence-electron chi connectivity index (χ1n) is 6.51. The molecule has 0 aliphatic carbocycles. The van der Waals surface area contributed by atoms with E-state index in [2.05, 4.69) is 15.6 Å². The van der Waals surface area contributed by atoms with Gasteiger partial charge < -0.3 is 14.8 Å². The summed E-state index contributed by atoms with van der Waals surface area (Å²) in [5, 5.41) is 4.99. The van der Waals surface area contributed by atoms with Crippen molar-refractivity contribution in [2.75, 3.05) is 12.4 Å². The number of rotatable bonds is 3. The van der Waals surface area contributed by atoms with E-state index in [0.29, 0.717) is 11.4 Å². The van der Waals surface area contributed by atoms with Crippen LogP contribution in [0.5, 0.6) is 5.75 Å². The molecule has 0 spiro atoms. The van der Waals surface area contributed by atoms with Crippen LogP contribution in [-0.2, 0) is 9.53 Å². The summed E-state index contributed by atoms with van der Waals surface area (Å²) in [5.41, 5.74) is 0.485. The molecule has 0 radical (unpaired) electrons. The zero-order valence-corrected chi connectivity index (χ0v) is 12.0. The van der Waals surface area contributed by atoms with Crippen LogP contribution in [0, 0.1) is 5.92 Å². The molecule has 2 N–H and O–H groups in total. The minimum absolute atomic E-state index is 0.00465. The molecule has 112 valence electrons. The number of ether oxygens (including phenoxy) is 2. The third-order valence-corrected chi connectivity index (χ3v) is 2.88. The van der Waals surface area contributed by atoms with Gasteiger partial charge in [-0.15, -0.1) is 4.99 Å². The zero-order chi connectivity index (χ0) is 15.4. The fourth-order valence-electron chi connectivity index (χ4n) is 1.86. The molecule has 1 aromatic carbocycles. The number of hydrogen-bond donors (Lipinski definition) is 2. The van der Waals surface area contributed by atoms with E-state index in [1.54, 1.807) is 24.3 Å². The van der Waals surface area contributed by atoms with Gasteiger partial charge in [-0.2, -0.15) is 0 Å². The summed E-state index contributed by atoms with van der Waals surface area (Å²) in [4.78, 5) is 27.1. The quantitative estimate of drug-likeness (QED) is 0.888. The SMILES string of the molecule is COc1ccccc1NC(=O)/N=C1\NC(=O)C(C(C)C)O1. The minimum Gasteiger partial charge on any atom is -0.495 e. The van der Waals surface area contributed by atoms with Crippen molar-refractivity contribution >= 4 is 23.6 Å². The third kappa shape index (κ3) is 3.50. The van der Waals surface area contributed by atoms with Gasteiger partial charge in [0.2, 0.25) is 0 Å². The number of amidine groups is 1. The second kappa shape index (κ2) is 6.25. The van der Waals surface area contributed by atoms with E-state index in [-0.39, 0.29) is 17.8 Å². The second-order valence-corrected chi connectivity index (χ2v) is 4.82. The van der Waals surface area contributed by atoms with Gasteiger partial charge in [-0.05, 0) is 18.1 Å². The molecule has 1 heterocycles. The lowest BCUT2D eigenvalue weighted by Crippen LogP contribution is -2.28. The molecule has 21 heavy (non-hydrogen) atoms. The summed E-state index contributed by atoms with van der Waals surface area (Å²) in [6.07, 6.45) is -0.622. The number of amides is 3. The summed E-state index contributed by atoms with van der Waals surface area (Å²) in [6.45, 7) is 3.70. The molecule has 1 aliphatic heterocycles. The molecule has 1 unspecified atom stereocenters. The van der Waals surface area contributed by atoms with E-state index < -0.39 is 12.1 Å². The highest BCUT2D eigenvalue weighted by molar-refractivity contribution is 6.07. The Kier molecular flexibility index (Phi) is 4.42. The number of nitrogens with one attached hydrogen (secondary N) is 2. The van der Waals surface area contributed by atoms with E-state index in [1.807, 2.05) is 13.8 Å². The Hall–Kier alpha value is -2.57. The molecular formula is C14H17N3O4. The first-order valence-corrected chi connectivity index (χ1v) is 6.51. The van der Waals surface area contributed by atoms with Gasteiger partial charge in [-0.3, -0.25) is 10.1 Å². The first-order chi connectivity index (χ1) is 10.0. The Morgan fingerprint density at radius 3 is 2.76 bits per heavy atom. The number of methoxy groups -OCH3 is 1. The summed E-state index contributed by atoms with van der Waals surface area (Å²) in [6, 6.07) is 6.19. The lowest BCUT2D eigenvalue weighted by molar-refractivity contribution is -0.124. The van der Waals surface area contributed by atoms with Crippen LogP contribution in [0.3, 0.4) is 0 Å². The van der Waals surface area contributed by atoms with Gasteiger partial charge >= 0.3 is 12.1 Å². The smallest absolute Gasteiger partial charge is 0.350 e. The van der Waals surface area contributed by atoms with E-state index >= 15 is 0 Å². The van der Waals surface area contributed by atoms with E-state index in [4.69, 9.17) is 9.47 Å². The Bertz CT molecular complexity index is 583. The van der Waals surface area contributed by atoms with E-state index in [1.165, 1.54) is 7.11 Å². The predicted octanol–water partition coefficient (Wildman–Crippen LogP) is 1.75. The number of anilines is 1. The van der Waals surface area contributed by atoms with Gasteiger partial charge in [-0.1, -0.05) is 26.0 Å². The summed E-state index contributed by atoms with van der Waals surface area (Å²) in [7, 11) is 1.50. The Labute approximate surface area is 122 Å². The highest BCUT2D eigenvalue weighted by Crippen LogP contribution is 2.23. The van der Waals surface area contributed by atoms with Crippen molar-refractivity contribution in [3.63, 3.8) is 0 Å². The van der Waals surface area contributed by atoms with Crippen LogP contribution in [0.4, 0.5) is 10.5 Å². The molecule has 7 nitrogen and oxygen atoms in total. The van der Waals surface area contributed by atoms with Crippen LogP contribution >= 0.6 is 0 Å². The topological polar surface area (TPSA) is 89.0 Å². The zero-order valence-electron chi connectivity index (χ0n) is 12.0. The van der Waals surface area contributed by atoms with Crippen LogP contribution < -0.4 is 15.4 Å². The predicted molar refractivity (Wildman–Crippen MR) is 77.3 cm³/mol. The number of benzene rings is 1. The van der Waals surface area contributed by atoms with Crippen molar-refractivity contribution < 1.29 is 19.1 Å². The molecule has 2 rings (SSSR count). The lowest BCUT2D eigenvalue weighted by Gasteiger charge is -2.10. The van der Waals surface area contributed by atoms with Gasteiger partial charge in [-0.25, -0.2) is 4.79 Å². The summed E-state index contributed by atoms with van der Waals surface area (Å²) < 4.78 is 10.4. The van der Waals surface area contributed by atoms with E-state index in [0.717, 1.165) is 0 Å². The Morgan fingerprint density at radius 1 is 1.43 bits per heavy atom. The van der Waals surface area contributed by atoms with Crippen LogP contribution in [-0.4, -0.2) is 31.2 Å². The molecule has 1 saturated heterocycles. The van der Waals surface area contributed by atoms with Gasteiger partial charge in [0, 0.05) is 0 Å². The molecule has 1 fully saturated rings. The highest BCUT2D eigenvalue weighted by atomic mass is 16.5. The van der Waals surface area contributed by atoms with Crippen molar-refractivity contribution in [1.82, 2.24) is 5.32 Å². The van der Waals surface area contributed by atoms with Crippen molar-refractivity contribution in [2.45, 2.75) is 20.0 Å². The standard InChI is InChI=1S/C14H17N3O4/c1-8(2)11-12(18)16-14(21-11)17-13(19)15-9-6-4-5-7-10(9)20-3/h4-8,11H,1-3H3,(H2,15,16,17,18,19). The number of carbonyl (C=O) groups excluding carboxylic acids is 2. The third-order valence-electron chi connectivity index (χ3n) is 2.88. The van der Waals surface area contributed by atoms with Gasteiger partial charge in [0.15, 0.2) is 6.10 Å². The Balaban J connectivity index is 2.05. The number of nitrogens with zero attached hydrogens (tertiary/aromatic N) is 1. The van der Waals surface area contributed by atoms with Crippen LogP contribution in [0.25, 0.3) is 0 Å². The van der Waals surface area contributed by atoms with Gasteiger partial charge in [0.05, 0.1) is 12.8 Å². The summed E-state index contributed by atoms with van der Waals surface area (Å²) in [5.74, 6) is 0.214. The van der Waals surface area contributed by atoms with Crippen LogP contribution in [0.1, 0.15) is 13.8 Å². The second-order valence-electron chi connectivity index (χ2n) is 4.82. The fraction of sp³-hybridized carbons (Fsp3) is 0.357. The lowest BCUT2D eigenvalue weighted by atomic mass is 10.1.